The van der Waals surface area contributed by atoms with Crippen molar-refractivity contribution in [3.05, 3.63) is 67.0 Å². The summed E-state index contributed by atoms with van der Waals surface area (Å²) in [5, 5.41) is 3.31. The maximum absolute atomic E-state index is 6.90. The Hall–Kier alpha value is -2.75. The van der Waals surface area contributed by atoms with Crippen molar-refractivity contribution in [2.45, 2.75) is 0 Å². The Balaban J connectivity index is 0.000000151. The van der Waals surface area contributed by atoms with E-state index in [0.29, 0.717) is 5.82 Å². The van der Waals surface area contributed by atoms with Gasteiger partial charge in [0, 0.05) is 11.8 Å². The Bertz CT molecular complexity index is 663. The number of hydrogen-bond donors (Lipinski definition) is 1. The summed E-state index contributed by atoms with van der Waals surface area (Å²) in [6.45, 7) is 0. The zero-order chi connectivity index (χ0) is 13.1. The van der Waals surface area contributed by atoms with Crippen LogP contribution >= 0.6 is 0 Å². The van der Waals surface area contributed by atoms with Crippen LogP contribution in [0.3, 0.4) is 0 Å². The van der Waals surface area contributed by atoms with Gasteiger partial charge in [-0.3, -0.25) is 0 Å². The molecular formula is C15H12N4. The van der Waals surface area contributed by atoms with Crippen molar-refractivity contribution in [2.24, 2.45) is 5.22 Å². The van der Waals surface area contributed by atoms with Crippen molar-refractivity contribution in [1.29, 1.82) is 5.53 Å². The summed E-state index contributed by atoms with van der Waals surface area (Å²) in [5.41, 5.74) is 10.7. The molecule has 0 aliphatic heterocycles. The van der Waals surface area contributed by atoms with Gasteiger partial charge >= 0.3 is 0 Å². The number of hydrogen-bond acceptors (Lipinski definition) is 3. The van der Waals surface area contributed by atoms with Gasteiger partial charge in [-0.05, 0) is 11.1 Å². The van der Waals surface area contributed by atoms with Gasteiger partial charge in [-0.15, -0.1) is 0 Å². The first-order valence-corrected chi connectivity index (χ1v) is 5.95. The molecule has 1 heterocycles. The predicted molar refractivity (Wildman–Crippen MR) is 73.6 cm³/mol. The first-order valence-electron chi connectivity index (χ1n) is 5.95. The molecule has 0 spiro atoms. The van der Waals surface area contributed by atoms with E-state index in [9.17, 15) is 0 Å². The van der Waals surface area contributed by atoms with Crippen LogP contribution in [0.4, 0.5) is 0 Å². The van der Waals surface area contributed by atoms with Crippen LogP contribution in [0.25, 0.3) is 22.5 Å². The third-order valence-corrected chi connectivity index (χ3v) is 2.98. The SMILES string of the molecule is N=Nn1ccnc1-c1ccccc1.c1cc2ccc1-2. The molecule has 19 heavy (non-hydrogen) atoms. The second-order valence-electron chi connectivity index (χ2n) is 4.14. The van der Waals surface area contributed by atoms with E-state index >= 15 is 0 Å². The molecule has 0 amide bonds. The van der Waals surface area contributed by atoms with Gasteiger partial charge in [0.1, 0.15) is 0 Å². The fourth-order valence-corrected chi connectivity index (χ4v) is 1.83. The van der Waals surface area contributed by atoms with Crippen LogP contribution in [0, 0.1) is 5.53 Å². The molecule has 0 radical (unpaired) electrons. The zero-order valence-corrected chi connectivity index (χ0v) is 10.2. The van der Waals surface area contributed by atoms with Gasteiger partial charge in [0.15, 0.2) is 5.82 Å². The Morgan fingerprint density at radius 1 is 0.842 bits per heavy atom. The smallest absolute Gasteiger partial charge is 0.162 e. The van der Waals surface area contributed by atoms with Crippen molar-refractivity contribution < 1.29 is 0 Å². The molecule has 0 unspecified atom stereocenters. The number of aromatic nitrogens is 2. The minimum Gasteiger partial charge on any atom is -0.235 e. The Kier molecular flexibility index (Phi) is 2.90. The van der Waals surface area contributed by atoms with Gasteiger partial charge in [0.25, 0.3) is 0 Å². The molecule has 0 saturated heterocycles. The summed E-state index contributed by atoms with van der Waals surface area (Å²) >= 11 is 0. The second kappa shape index (κ2) is 4.86. The van der Waals surface area contributed by atoms with E-state index in [1.54, 1.807) is 12.4 Å². The molecule has 4 rings (SSSR count). The average Bonchev–Trinajstić information content (AvgIpc) is 2.93. The number of nitrogens with zero attached hydrogens (tertiary/aromatic N) is 3. The van der Waals surface area contributed by atoms with Crippen molar-refractivity contribution in [3.8, 4) is 22.5 Å². The first-order chi connectivity index (χ1) is 9.38. The third-order valence-electron chi connectivity index (χ3n) is 2.98. The molecule has 2 aliphatic rings. The number of benzene rings is 2. The lowest BCUT2D eigenvalue weighted by Gasteiger charge is -2.10. The minimum absolute atomic E-state index is 0.690. The molecule has 1 N–H and O–H groups in total. The molecule has 0 bridgehead atoms. The highest BCUT2D eigenvalue weighted by molar-refractivity contribution is 5.75. The maximum Gasteiger partial charge on any atom is 0.162 e. The van der Waals surface area contributed by atoms with Crippen molar-refractivity contribution in [3.63, 3.8) is 0 Å². The van der Waals surface area contributed by atoms with Crippen molar-refractivity contribution in [2.75, 3.05) is 0 Å². The van der Waals surface area contributed by atoms with Crippen LogP contribution in [-0.2, 0) is 0 Å². The predicted octanol–water partition coefficient (Wildman–Crippen LogP) is 4.01. The van der Waals surface area contributed by atoms with Crippen LogP contribution in [0.2, 0.25) is 0 Å². The van der Waals surface area contributed by atoms with Gasteiger partial charge in [-0.1, -0.05) is 59.8 Å². The molecule has 92 valence electrons. The van der Waals surface area contributed by atoms with E-state index in [2.05, 4.69) is 34.5 Å². The topological polar surface area (TPSA) is 54.0 Å². The van der Waals surface area contributed by atoms with E-state index in [1.807, 2.05) is 30.3 Å². The Morgan fingerprint density at radius 3 is 1.95 bits per heavy atom. The molecule has 0 fully saturated rings. The fourth-order valence-electron chi connectivity index (χ4n) is 1.83. The van der Waals surface area contributed by atoms with E-state index < -0.39 is 0 Å². The molecule has 4 nitrogen and oxygen atoms in total. The highest BCUT2D eigenvalue weighted by Gasteiger charge is 2.04. The van der Waals surface area contributed by atoms with Gasteiger partial charge in [0.05, 0.1) is 6.20 Å². The largest absolute Gasteiger partial charge is 0.235 e. The quantitative estimate of drug-likeness (QED) is 0.535. The zero-order valence-electron chi connectivity index (χ0n) is 10.2. The third kappa shape index (κ3) is 2.15. The van der Waals surface area contributed by atoms with Crippen molar-refractivity contribution in [1.82, 2.24) is 9.66 Å². The molecule has 2 aliphatic carbocycles. The summed E-state index contributed by atoms with van der Waals surface area (Å²) in [5.74, 6) is 0.690. The molecule has 0 atom stereocenters. The fraction of sp³-hybridized carbons (Fsp3) is 0. The second-order valence-corrected chi connectivity index (χ2v) is 4.14. The number of rotatable bonds is 2. The number of nitrogens with one attached hydrogen (secondary N) is 1. The highest BCUT2D eigenvalue weighted by Crippen LogP contribution is 2.29. The van der Waals surface area contributed by atoms with E-state index in [0.717, 1.165) is 5.56 Å². The monoisotopic (exact) mass is 248 g/mol. The maximum atomic E-state index is 6.90. The first kappa shape index (κ1) is 11.3. The minimum atomic E-state index is 0.690. The lowest BCUT2D eigenvalue weighted by molar-refractivity contribution is 0.774. The van der Waals surface area contributed by atoms with Crippen LogP contribution in [-0.4, -0.2) is 9.66 Å². The van der Waals surface area contributed by atoms with Gasteiger partial charge in [-0.2, -0.15) is 5.53 Å². The van der Waals surface area contributed by atoms with Gasteiger partial charge in [0.2, 0.25) is 0 Å². The standard InChI is InChI=1S/C9H8N4.C6H4/c10-12-13-7-6-11-9(13)8-4-2-1-3-5-8;1-2-6-4-3-5(1)6/h1-7,10H;1-4H. The Labute approximate surface area is 110 Å². The van der Waals surface area contributed by atoms with Crippen LogP contribution in [0.1, 0.15) is 0 Å². The average molecular weight is 248 g/mol. The molecule has 2 aromatic rings. The van der Waals surface area contributed by atoms with Gasteiger partial charge in [-0.25, -0.2) is 9.66 Å². The van der Waals surface area contributed by atoms with Gasteiger partial charge < -0.3 is 0 Å². The molecule has 0 saturated carbocycles. The van der Waals surface area contributed by atoms with Crippen LogP contribution < -0.4 is 0 Å². The lowest BCUT2D eigenvalue weighted by Crippen LogP contribution is -1.89. The summed E-state index contributed by atoms with van der Waals surface area (Å²) in [4.78, 5) is 4.11. The van der Waals surface area contributed by atoms with E-state index in [1.165, 1.54) is 15.8 Å². The van der Waals surface area contributed by atoms with Crippen molar-refractivity contribution >= 4 is 0 Å². The molecule has 4 heteroatoms. The summed E-state index contributed by atoms with van der Waals surface area (Å²) in [6.07, 6.45) is 3.27. The summed E-state index contributed by atoms with van der Waals surface area (Å²) in [6, 6.07) is 18.1. The lowest BCUT2D eigenvalue weighted by atomic mass is 9.95. The van der Waals surface area contributed by atoms with E-state index in [4.69, 9.17) is 5.53 Å². The summed E-state index contributed by atoms with van der Waals surface area (Å²) in [7, 11) is 0. The molecule has 1 aromatic heterocycles. The van der Waals surface area contributed by atoms with E-state index in [-0.39, 0.29) is 0 Å². The molecular weight excluding hydrogens is 236 g/mol. The Morgan fingerprint density at radius 2 is 1.47 bits per heavy atom. The normalized spacial score (nSPS) is 10.3. The number of imidazole rings is 1. The molecule has 1 aromatic carbocycles. The number of fused-ring (bicyclic) bond motifs is 1. The van der Waals surface area contributed by atoms with Crippen LogP contribution in [0.5, 0.6) is 0 Å². The highest BCUT2D eigenvalue weighted by atomic mass is 15.4. The summed E-state index contributed by atoms with van der Waals surface area (Å²) < 4.78 is 1.43. The van der Waals surface area contributed by atoms with Crippen LogP contribution in [0.15, 0.2) is 72.2 Å².